The Morgan fingerprint density at radius 1 is 1.08 bits per heavy atom. The third kappa shape index (κ3) is 5.30. The molecule has 0 bridgehead atoms. The number of hydrogen-bond donors (Lipinski definition) is 2. The predicted octanol–water partition coefficient (Wildman–Crippen LogP) is 6.72. The number of hydrogen-bond acceptors (Lipinski definition) is 6. The van der Waals surface area contributed by atoms with E-state index in [1.165, 1.54) is 4.90 Å². The Morgan fingerprint density at radius 2 is 1.85 bits per heavy atom. The van der Waals surface area contributed by atoms with Crippen LogP contribution in [0.25, 0.3) is 27.7 Å². The molecule has 0 fully saturated rings. The van der Waals surface area contributed by atoms with Crippen LogP contribution in [0.15, 0.2) is 88.7 Å². The van der Waals surface area contributed by atoms with Crippen LogP contribution in [0.4, 0.5) is 11.8 Å². The first kappa shape index (κ1) is 26.6. The summed E-state index contributed by atoms with van der Waals surface area (Å²) in [4.78, 5) is 28.8. The summed E-state index contributed by atoms with van der Waals surface area (Å²) < 4.78 is 1.60. The molecule has 0 spiro atoms. The highest BCUT2D eigenvalue weighted by Gasteiger charge is 2.21. The number of benzene rings is 3. The maximum atomic E-state index is 13.8. The van der Waals surface area contributed by atoms with E-state index >= 15 is 0 Å². The molecule has 1 unspecified atom stereocenters. The lowest BCUT2D eigenvalue weighted by atomic mass is 10.1. The maximum Gasteiger partial charge on any atom is 0.267 e. The van der Waals surface area contributed by atoms with Crippen LogP contribution >= 0.6 is 22.1 Å². The zero-order valence-corrected chi connectivity index (χ0v) is 23.5. The Hall–Kier alpha value is -4.01. The van der Waals surface area contributed by atoms with E-state index in [-0.39, 0.29) is 22.0 Å². The molecular weight excluding hydrogens is 528 g/mol. The average Bonchev–Trinajstić information content (AvgIpc) is 2.94. The van der Waals surface area contributed by atoms with Gasteiger partial charge in [-0.25, -0.2) is 9.97 Å². The number of nitrogens with one attached hydrogen (secondary N) is 1. The molecule has 7 nitrogen and oxygen atoms in total. The van der Waals surface area contributed by atoms with E-state index in [9.17, 15) is 4.79 Å². The van der Waals surface area contributed by atoms with Gasteiger partial charge in [0.15, 0.2) is 0 Å². The molecule has 2 heterocycles. The Balaban J connectivity index is 1.64. The Bertz CT molecular complexity index is 1750. The van der Waals surface area contributed by atoms with Crippen molar-refractivity contribution < 1.29 is 0 Å². The van der Waals surface area contributed by atoms with Crippen LogP contribution in [0.2, 0.25) is 5.02 Å². The summed E-state index contributed by atoms with van der Waals surface area (Å²) in [5.74, 6) is 2.27. The summed E-state index contributed by atoms with van der Waals surface area (Å²) in [7, 11) is 0.0505. The van der Waals surface area contributed by atoms with Gasteiger partial charge < -0.3 is 11.1 Å². The van der Waals surface area contributed by atoms with Gasteiger partial charge in [-0.1, -0.05) is 60.3 Å². The van der Waals surface area contributed by atoms with Gasteiger partial charge in [-0.05, 0) is 61.6 Å². The highest BCUT2D eigenvalue weighted by atomic mass is 35.5. The van der Waals surface area contributed by atoms with Crippen LogP contribution in [0.1, 0.15) is 32.6 Å². The van der Waals surface area contributed by atoms with Crippen molar-refractivity contribution in [2.75, 3.05) is 16.8 Å². The lowest BCUT2D eigenvalue weighted by Gasteiger charge is -2.21. The quantitative estimate of drug-likeness (QED) is 0.216. The molecule has 9 heteroatoms. The van der Waals surface area contributed by atoms with Crippen LogP contribution in [0.5, 0.6) is 0 Å². The molecule has 5 rings (SSSR count). The number of nitrogen functional groups attached to an aromatic ring is 1. The van der Waals surface area contributed by atoms with Crippen molar-refractivity contribution in [3.05, 3.63) is 100 Å². The first-order valence-electron chi connectivity index (χ1n) is 12.7. The number of aromatic nitrogens is 4. The lowest BCUT2D eigenvalue weighted by molar-refractivity contribution is 0.731. The molecule has 0 saturated heterocycles. The van der Waals surface area contributed by atoms with E-state index < -0.39 is 6.04 Å². The van der Waals surface area contributed by atoms with Gasteiger partial charge >= 0.3 is 0 Å². The molecule has 2 atom stereocenters. The monoisotopic (exact) mass is 556 g/mol. The number of nitrogens with two attached hydrogens (primary N) is 1. The van der Waals surface area contributed by atoms with Gasteiger partial charge in [-0.15, -0.1) is 0 Å². The van der Waals surface area contributed by atoms with Crippen molar-refractivity contribution in [2.24, 2.45) is 0 Å². The molecule has 2 aromatic heterocycles. The fourth-order valence-corrected chi connectivity index (χ4v) is 6.33. The molecule has 5 aromatic rings. The van der Waals surface area contributed by atoms with Crippen LogP contribution < -0.4 is 16.6 Å². The Morgan fingerprint density at radius 3 is 2.59 bits per heavy atom. The third-order valence-corrected chi connectivity index (χ3v) is 8.84. The van der Waals surface area contributed by atoms with Crippen LogP contribution in [0, 0.1) is 0 Å². The summed E-state index contributed by atoms with van der Waals surface area (Å²) in [5, 5.41) is 6.44. The summed E-state index contributed by atoms with van der Waals surface area (Å²) >= 11 is 6.44. The van der Waals surface area contributed by atoms with Gasteiger partial charge in [0, 0.05) is 16.7 Å². The Kier molecular flexibility index (Phi) is 7.77. The molecule has 0 saturated carbocycles. The average molecular weight is 557 g/mol. The van der Waals surface area contributed by atoms with Gasteiger partial charge in [0.25, 0.3) is 5.56 Å². The smallest absolute Gasteiger partial charge is 0.267 e. The SMILES string of the molecule is C/C=S(\CC)c1cccc(-c2cnc(N)nc2N[C@@H](C)c2nc3cccc(Cl)c3c(=O)n2-c2ccccc2)c1. The Labute approximate surface area is 234 Å². The van der Waals surface area contributed by atoms with E-state index in [0.29, 0.717) is 33.3 Å². The normalized spacial score (nSPS) is 12.9. The van der Waals surface area contributed by atoms with Crippen LogP contribution in [-0.4, -0.2) is 30.6 Å². The second kappa shape index (κ2) is 11.4. The summed E-state index contributed by atoms with van der Waals surface area (Å²) in [5.41, 5.74) is 8.80. The van der Waals surface area contributed by atoms with Crippen LogP contribution in [0.3, 0.4) is 0 Å². The molecule has 0 amide bonds. The fraction of sp³-hybridized carbons (Fsp3) is 0.167. The largest absolute Gasteiger partial charge is 0.368 e. The number of anilines is 2. The van der Waals surface area contributed by atoms with Crippen molar-refractivity contribution >= 4 is 50.1 Å². The standard InChI is InChI=1S/C30H29ClN6OS/c1-4-39(5-2)22-14-9-11-20(17-22)23-18-33-30(32)36-27(23)34-19(3)28-35-25-16-10-15-24(31)26(25)29(38)37(28)21-12-7-6-8-13-21/h4,6-19H,5H2,1-3H3,(H3,32,33,34,36)/t19-,39?/m0/s1. The number of fused-ring (bicyclic) bond motifs is 1. The summed E-state index contributed by atoms with van der Waals surface area (Å²) in [6.07, 6.45) is 1.73. The fourth-order valence-electron chi connectivity index (χ4n) is 4.61. The zero-order chi connectivity index (χ0) is 27.5. The second-order valence-electron chi connectivity index (χ2n) is 8.92. The van der Waals surface area contributed by atoms with E-state index in [4.69, 9.17) is 22.3 Å². The van der Waals surface area contributed by atoms with Crippen molar-refractivity contribution in [3.63, 3.8) is 0 Å². The molecule has 0 aliphatic rings. The van der Waals surface area contributed by atoms with Crippen molar-refractivity contribution in [2.45, 2.75) is 31.7 Å². The molecule has 3 aromatic carbocycles. The van der Waals surface area contributed by atoms with Crippen molar-refractivity contribution in [1.29, 1.82) is 0 Å². The minimum atomic E-state index is -0.424. The summed E-state index contributed by atoms with van der Waals surface area (Å²) in [6, 6.07) is 22.7. The predicted molar refractivity (Wildman–Crippen MR) is 164 cm³/mol. The van der Waals surface area contributed by atoms with Gasteiger partial charge in [-0.2, -0.15) is 15.5 Å². The maximum absolute atomic E-state index is 13.8. The van der Waals surface area contributed by atoms with E-state index in [2.05, 4.69) is 52.7 Å². The lowest BCUT2D eigenvalue weighted by Crippen LogP contribution is -2.27. The van der Waals surface area contributed by atoms with E-state index in [1.807, 2.05) is 43.3 Å². The molecule has 0 radical (unpaired) electrons. The van der Waals surface area contributed by atoms with Crippen molar-refractivity contribution in [1.82, 2.24) is 19.5 Å². The molecule has 0 aliphatic heterocycles. The minimum Gasteiger partial charge on any atom is -0.368 e. The first-order chi connectivity index (χ1) is 18.9. The summed E-state index contributed by atoms with van der Waals surface area (Å²) in [6.45, 7) is 6.22. The van der Waals surface area contributed by atoms with Crippen LogP contribution in [-0.2, 0) is 0 Å². The van der Waals surface area contributed by atoms with Gasteiger partial charge in [0.05, 0.1) is 27.7 Å². The van der Waals surface area contributed by atoms with Gasteiger partial charge in [0.2, 0.25) is 5.95 Å². The zero-order valence-electron chi connectivity index (χ0n) is 21.9. The molecule has 3 N–H and O–H groups in total. The minimum absolute atomic E-state index is 0.0505. The number of rotatable bonds is 7. The highest BCUT2D eigenvalue weighted by Crippen LogP contribution is 2.34. The molecule has 39 heavy (non-hydrogen) atoms. The first-order valence-corrected chi connectivity index (χ1v) is 14.5. The molecule has 198 valence electrons. The number of nitrogens with zero attached hydrogens (tertiary/aromatic N) is 4. The topological polar surface area (TPSA) is 98.7 Å². The van der Waals surface area contributed by atoms with Crippen molar-refractivity contribution in [3.8, 4) is 16.8 Å². The number of para-hydroxylation sites is 1. The molecule has 0 aliphatic carbocycles. The second-order valence-corrected chi connectivity index (χ2v) is 11.7. The van der Waals surface area contributed by atoms with Gasteiger partial charge in [-0.3, -0.25) is 9.36 Å². The van der Waals surface area contributed by atoms with Gasteiger partial charge in [0.1, 0.15) is 11.6 Å². The van der Waals surface area contributed by atoms with E-state index in [1.54, 1.807) is 29.0 Å². The highest BCUT2D eigenvalue weighted by molar-refractivity contribution is 8.15. The molecular formula is C30H29ClN6OS. The number of halogens is 1. The third-order valence-electron chi connectivity index (χ3n) is 6.48. The van der Waals surface area contributed by atoms with E-state index in [0.717, 1.165) is 16.9 Å².